The van der Waals surface area contributed by atoms with E-state index in [1.54, 1.807) is 4.90 Å². The molecule has 0 N–H and O–H groups in total. The van der Waals surface area contributed by atoms with Crippen LogP contribution in [0.3, 0.4) is 0 Å². The average Bonchev–Trinajstić information content (AvgIpc) is 2.55. The van der Waals surface area contributed by atoms with Gasteiger partial charge >= 0.3 is 6.09 Å². The molecule has 106 valence electrons. The number of nitrogens with zero attached hydrogens (tertiary/aromatic N) is 3. The fraction of sp³-hybridized carbons (Fsp3) is 0.714. The molecule has 1 aliphatic heterocycles. The number of hydrogen-bond acceptors (Lipinski definition) is 3. The molecule has 5 heteroatoms. The van der Waals surface area contributed by atoms with Crippen molar-refractivity contribution < 1.29 is 9.53 Å². The lowest BCUT2D eigenvalue weighted by atomic mass is 9.99. The fourth-order valence-electron chi connectivity index (χ4n) is 2.47. The minimum absolute atomic E-state index is 0.0292. The van der Waals surface area contributed by atoms with Crippen LogP contribution in [0.25, 0.3) is 0 Å². The molecule has 0 saturated carbocycles. The van der Waals surface area contributed by atoms with Crippen molar-refractivity contribution in [2.24, 2.45) is 7.05 Å². The molecule has 0 aliphatic carbocycles. The first-order chi connectivity index (χ1) is 8.70. The van der Waals surface area contributed by atoms with Crippen LogP contribution in [-0.2, 0) is 18.2 Å². The number of aromatic nitrogens is 2. The summed E-state index contributed by atoms with van der Waals surface area (Å²) >= 11 is 0. The maximum Gasteiger partial charge on any atom is 0.410 e. The second-order valence-electron chi connectivity index (χ2n) is 6.17. The van der Waals surface area contributed by atoms with Crippen LogP contribution in [0.5, 0.6) is 0 Å². The van der Waals surface area contributed by atoms with Crippen LogP contribution < -0.4 is 0 Å². The zero-order valence-electron chi connectivity index (χ0n) is 12.6. The molecule has 0 bridgehead atoms. The van der Waals surface area contributed by atoms with E-state index < -0.39 is 5.60 Å². The number of ether oxygens (including phenoxy) is 1. The molecule has 1 aromatic rings. The summed E-state index contributed by atoms with van der Waals surface area (Å²) < 4.78 is 7.34. The van der Waals surface area contributed by atoms with Gasteiger partial charge in [0.1, 0.15) is 5.60 Å². The Hall–Kier alpha value is -1.52. The Morgan fingerprint density at radius 2 is 2.05 bits per heavy atom. The van der Waals surface area contributed by atoms with Crippen LogP contribution >= 0.6 is 0 Å². The number of aryl methyl sites for hydroxylation is 1. The van der Waals surface area contributed by atoms with Gasteiger partial charge in [-0.15, -0.1) is 0 Å². The van der Waals surface area contributed by atoms with Crippen LogP contribution in [0.1, 0.15) is 50.7 Å². The SMILES string of the molecule is Cc1c2c(nn1C)C(C)N(C(=O)OC(C)(C)C)CC2. The lowest BCUT2D eigenvalue weighted by molar-refractivity contribution is 0.0155. The molecule has 0 fully saturated rings. The summed E-state index contributed by atoms with van der Waals surface area (Å²) in [6, 6.07) is -0.0292. The Bertz CT molecular complexity index is 500. The Balaban J connectivity index is 2.22. The van der Waals surface area contributed by atoms with Crippen LogP contribution in [0.2, 0.25) is 0 Å². The highest BCUT2D eigenvalue weighted by molar-refractivity contribution is 5.69. The van der Waals surface area contributed by atoms with Gasteiger partial charge in [-0.05, 0) is 41.0 Å². The second kappa shape index (κ2) is 4.54. The molecule has 5 nitrogen and oxygen atoms in total. The molecule has 1 unspecified atom stereocenters. The molecule has 0 aromatic carbocycles. The van der Waals surface area contributed by atoms with Crippen LogP contribution in [0.4, 0.5) is 4.79 Å². The maximum atomic E-state index is 12.2. The number of rotatable bonds is 0. The van der Waals surface area contributed by atoms with E-state index in [1.165, 1.54) is 11.3 Å². The van der Waals surface area contributed by atoms with Gasteiger partial charge in [-0.2, -0.15) is 5.10 Å². The van der Waals surface area contributed by atoms with Crippen LogP contribution in [0.15, 0.2) is 0 Å². The number of amides is 1. The molecule has 0 radical (unpaired) electrons. The van der Waals surface area contributed by atoms with Gasteiger partial charge in [0.05, 0.1) is 11.7 Å². The lowest BCUT2D eigenvalue weighted by Gasteiger charge is -2.34. The summed E-state index contributed by atoms with van der Waals surface area (Å²) in [5, 5.41) is 4.53. The van der Waals surface area contributed by atoms with Crippen LogP contribution in [0, 0.1) is 6.92 Å². The summed E-state index contributed by atoms with van der Waals surface area (Å²) in [6.45, 7) is 10.4. The molecule has 2 heterocycles. The van der Waals surface area contributed by atoms with Crippen molar-refractivity contribution in [3.63, 3.8) is 0 Å². The number of hydrogen-bond donors (Lipinski definition) is 0. The third-order valence-corrected chi connectivity index (χ3v) is 3.58. The topological polar surface area (TPSA) is 47.4 Å². The Morgan fingerprint density at radius 1 is 1.42 bits per heavy atom. The van der Waals surface area contributed by atoms with Gasteiger partial charge in [0.2, 0.25) is 0 Å². The number of carbonyl (C=O) groups excluding carboxylic acids is 1. The summed E-state index contributed by atoms with van der Waals surface area (Å²) in [5.74, 6) is 0. The van der Waals surface area contributed by atoms with E-state index in [2.05, 4.69) is 12.0 Å². The van der Waals surface area contributed by atoms with Gasteiger partial charge in [0.25, 0.3) is 0 Å². The van der Waals surface area contributed by atoms with E-state index >= 15 is 0 Å². The molecule has 2 rings (SSSR count). The standard InChI is InChI=1S/C14H23N3O2/c1-9-11-7-8-17(13(18)19-14(3,4)5)10(2)12(11)15-16(9)6/h10H,7-8H2,1-6H3. The Morgan fingerprint density at radius 3 is 2.63 bits per heavy atom. The van der Waals surface area contributed by atoms with Crippen molar-refractivity contribution in [2.45, 2.75) is 52.7 Å². The number of carbonyl (C=O) groups is 1. The van der Waals surface area contributed by atoms with Crippen molar-refractivity contribution in [3.05, 3.63) is 17.0 Å². The van der Waals surface area contributed by atoms with Gasteiger partial charge in [-0.3, -0.25) is 9.58 Å². The molecule has 1 aromatic heterocycles. The Labute approximate surface area is 114 Å². The smallest absolute Gasteiger partial charge is 0.410 e. The van der Waals surface area contributed by atoms with E-state index in [4.69, 9.17) is 4.74 Å². The molecule has 0 spiro atoms. The quantitative estimate of drug-likeness (QED) is 0.724. The van der Waals surface area contributed by atoms with E-state index in [9.17, 15) is 4.79 Å². The monoisotopic (exact) mass is 265 g/mol. The largest absolute Gasteiger partial charge is 0.444 e. The van der Waals surface area contributed by atoms with E-state index in [0.29, 0.717) is 6.54 Å². The van der Waals surface area contributed by atoms with Gasteiger partial charge in [0.15, 0.2) is 0 Å². The molecule has 19 heavy (non-hydrogen) atoms. The maximum absolute atomic E-state index is 12.2. The van der Waals surface area contributed by atoms with Crippen molar-refractivity contribution >= 4 is 6.09 Å². The van der Waals surface area contributed by atoms with Gasteiger partial charge in [-0.25, -0.2) is 4.79 Å². The fourth-order valence-corrected chi connectivity index (χ4v) is 2.47. The van der Waals surface area contributed by atoms with Gasteiger partial charge in [0, 0.05) is 24.8 Å². The highest BCUT2D eigenvalue weighted by Gasteiger charge is 2.33. The normalized spacial score (nSPS) is 19.3. The zero-order chi connectivity index (χ0) is 14.4. The van der Waals surface area contributed by atoms with Crippen LogP contribution in [-0.4, -0.2) is 32.9 Å². The van der Waals surface area contributed by atoms with E-state index in [0.717, 1.165) is 12.1 Å². The average molecular weight is 265 g/mol. The second-order valence-corrected chi connectivity index (χ2v) is 6.17. The molecule has 1 amide bonds. The lowest BCUT2D eigenvalue weighted by Crippen LogP contribution is -2.42. The molecule has 0 saturated heterocycles. The van der Waals surface area contributed by atoms with Crippen molar-refractivity contribution in [2.75, 3.05) is 6.54 Å². The van der Waals surface area contributed by atoms with Crippen molar-refractivity contribution in [1.82, 2.24) is 14.7 Å². The predicted octanol–water partition coefficient (Wildman–Crippen LogP) is 2.58. The summed E-state index contributed by atoms with van der Waals surface area (Å²) in [4.78, 5) is 14.0. The van der Waals surface area contributed by atoms with E-state index in [1.807, 2.05) is 39.4 Å². The number of fused-ring (bicyclic) bond motifs is 1. The van der Waals surface area contributed by atoms with E-state index in [-0.39, 0.29) is 12.1 Å². The summed E-state index contributed by atoms with van der Waals surface area (Å²) in [7, 11) is 1.94. The third-order valence-electron chi connectivity index (χ3n) is 3.58. The zero-order valence-corrected chi connectivity index (χ0v) is 12.6. The summed E-state index contributed by atoms with van der Waals surface area (Å²) in [6.07, 6.45) is 0.590. The van der Waals surface area contributed by atoms with Gasteiger partial charge in [-0.1, -0.05) is 0 Å². The first kappa shape index (κ1) is 13.9. The molecule has 1 aliphatic rings. The predicted molar refractivity (Wildman–Crippen MR) is 73.0 cm³/mol. The first-order valence-corrected chi connectivity index (χ1v) is 6.72. The first-order valence-electron chi connectivity index (χ1n) is 6.72. The Kier molecular flexibility index (Phi) is 3.32. The molecule has 1 atom stereocenters. The molecular weight excluding hydrogens is 242 g/mol. The third kappa shape index (κ3) is 2.60. The van der Waals surface area contributed by atoms with Gasteiger partial charge < -0.3 is 4.74 Å². The minimum atomic E-state index is -0.461. The highest BCUT2D eigenvalue weighted by atomic mass is 16.6. The van der Waals surface area contributed by atoms with Crippen molar-refractivity contribution in [1.29, 1.82) is 0 Å². The highest BCUT2D eigenvalue weighted by Crippen LogP contribution is 2.31. The van der Waals surface area contributed by atoms with Crippen molar-refractivity contribution in [3.8, 4) is 0 Å². The minimum Gasteiger partial charge on any atom is -0.444 e. The summed E-state index contributed by atoms with van der Waals surface area (Å²) in [5.41, 5.74) is 2.99. The molecular formula is C14H23N3O2.